The summed E-state index contributed by atoms with van der Waals surface area (Å²) in [6.45, 7) is 4.72. The summed E-state index contributed by atoms with van der Waals surface area (Å²) >= 11 is 0. The predicted octanol–water partition coefficient (Wildman–Crippen LogP) is 2.76. The second-order valence-electron chi connectivity index (χ2n) is 7.94. The van der Waals surface area contributed by atoms with E-state index in [0.717, 1.165) is 43.6 Å². The van der Waals surface area contributed by atoms with Crippen molar-refractivity contribution >= 4 is 11.8 Å². The normalized spacial score (nSPS) is 23.1. The number of benzene rings is 1. The lowest BCUT2D eigenvalue weighted by atomic mass is 9.73. The number of amides is 2. The number of aromatic amines is 1. The molecule has 1 spiro atoms. The highest BCUT2D eigenvalue weighted by Gasteiger charge is 2.43. The summed E-state index contributed by atoms with van der Waals surface area (Å²) in [4.78, 5) is 36.5. The van der Waals surface area contributed by atoms with Crippen molar-refractivity contribution in [1.82, 2.24) is 19.8 Å². The number of likely N-dealkylation sites (tertiary alicyclic amines) is 2. The van der Waals surface area contributed by atoms with Gasteiger partial charge in [-0.1, -0.05) is 30.3 Å². The first kappa shape index (κ1) is 17.8. The van der Waals surface area contributed by atoms with Gasteiger partial charge in [-0.2, -0.15) is 0 Å². The van der Waals surface area contributed by atoms with Crippen molar-refractivity contribution < 1.29 is 9.59 Å². The van der Waals surface area contributed by atoms with Gasteiger partial charge in [0.15, 0.2) is 0 Å². The number of hydrogen-bond donors (Lipinski definition) is 1. The van der Waals surface area contributed by atoms with Gasteiger partial charge in [0.2, 0.25) is 5.91 Å². The number of hydrogen-bond acceptors (Lipinski definition) is 3. The summed E-state index contributed by atoms with van der Waals surface area (Å²) in [5, 5.41) is 0. The van der Waals surface area contributed by atoms with E-state index in [2.05, 4.69) is 22.1 Å². The molecule has 2 aliphatic heterocycles. The number of aromatic nitrogens is 2. The van der Waals surface area contributed by atoms with Crippen LogP contribution in [0.25, 0.3) is 0 Å². The molecule has 0 unspecified atom stereocenters. The summed E-state index contributed by atoms with van der Waals surface area (Å²) in [6, 6.07) is 10.1. The Kier molecular flexibility index (Phi) is 4.72. The van der Waals surface area contributed by atoms with Crippen molar-refractivity contribution in [1.29, 1.82) is 0 Å². The van der Waals surface area contributed by atoms with Gasteiger partial charge in [0.05, 0.1) is 6.33 Å². The van der Waals surface area contributed by atoms with E-state index in [0.29, 0.717) is 25.2 Å². The van der Waals surface area contributed by atoms with E-state index in [4.69, 9.17) is 0 Å². The van der Waals surface area contributed by atoms with Crippen LogP contribution in [0.1, 0.15) is 47.4 Å². The highest BCUT2D eigenvalue weighted by Crippen LogP contribution is 2.39. The zero-order valence-corrected chi connectivity index (χ0v) is 15.8. The molecule has 1 N–H and O–H groups in total. The smallest absolute Gasteiger partial charge is 0.274 e. The first-order valence-corrected chi connectivity index (χ1v) is 9.67. The molecule has 2 aliphatic rings. The minimum atomic E-state index is -0.000616. The highest BCUT2D eigenvalue weighted by molar-refractivity contribution is 5.93. The molecule has 1 aromatic carbocycles. The maximum atomic E-state index is 12.9. The van der Waals surface area contributed by atoms with Crippen LogP contribution in [0.3, 0.4) is 0 Å². The lowest BCUT2D eigenvalue weighted by Crippen LogP contribution is -2.54. The van der Waals surface area contributed by atoms with Gasteiger partial charge in [0, 0.05) is 43.7 Å². The Morgan fingerprint density at radius 1 is 1.22 bits per heavy atom. The zero-order valence-electron chi connectivity index (χ0n) is 15.8. The molecule has 6 nitrogen and oxygen atoms in total. The van der Waals surface area contributed by atoms with Crippen molar-refractivity contribution in [2.75, 3.05) is 19.6 Å². The molecule has 6 heteroatoms. The Labute approximate surface area is 159 Å². The monoisotopic (exact) mass is 366 g/mol. The maximum Gasteiger partial charge on any atom is 0.274 e. The minimum Gasteiger partial charge on any atom is -0.348 e. The summed E-state index contributed by atoms with van der Waals surface area (Å²) in [7, 11) is 0. The summed E-state index contributed by atoms with van der Waals surface area (Å²) in [5.74, 6) is 0.218. The summed E-state index contributed by atoms with van der Waals surface area (Å²) in [5.41, 5.74) is 2.48. The SMILES string of the molecule is Cc1[nH]cnc1C(=O)N1CCC[C@]2(CCC(=O)N(Cc3ccccc3)C2)C1. The number of imidazole rings is 1. The van der Waals surface area contributed by atoms with Crippen LogP contribution < -0.4 is 0 Å². The predicted molar refractivity (Wildman–Crippen MR) is 102 cm³/mol. The quantitative estimate of drug-likeness (QED) is 0.908. The molecule has 27 heavy (non-hydrogen) atoms. The standard InChI is InChI=1S/C21H26N4O2/c1-16-19(23-15-22-16)20(27)24-11-5-9-21(13-24)10-8-18(26)25(14-21)12-17-6-3-2-4-7-17/h2-4,6-7,15H,5,8-14H2,1H3,(H,22,23)/t21-/m0/s1. The minimum absolute atomic E-state index is 0.000616. The molecule has 0 aliphatic carbocycles. The van der Waals surface area contributed by atoms with Crippen molar-refractivity contribution in [2.24, 2.45) is 5.41 Å². The molecule has 2 saturated heterocycles. The van der Waals surface area contributed by atoms with Crippen molar-refractivity contribution in [3.63, 3.8) is 0 Å². The Bertz CT molecular complexity index is 832. The topological polar surface area (TPSA) is 69.3 Å². The average molecular weight is 366 g/mol. The van der Waals surface area contributed by atoms with Crippen LogP contribution in [0.2, 0.25) is 0 Å². The largest absolute Gasteiger partial charge is 0.348 e. The van der Waals surface area contributed by atoms with Gasteiger partial charge in [-0.05, 0) is 31.7 Å². The van der Waals surface area contributed by atoms with Crippen LogP contribution in [0.15, 0.2) is 36.7 Å². The van der Waals surface area contributed by atoms with E-state index in [1.807, 2.05) is 34.9 Å². The molecular formula is C21H26N4O2. The molecule has 2 aromatic rings. The van der Waals surface area contributed by atoms with Gasteiger partial charge in [-0.25, -0.2) is 4.98 Å². The second kappa shape index (κ2) is 7.18. The van der Waals surface area contributed by atoms with Gasteiger partial charge >= 0.3 is 0 Å². The van der Waals surface area contributed by atoms with Crippen molar-refractivity contribution in [3.05, 3.63) is 53.6 Å². The van der Waals surface area contributed by atoms with Crippen molar-refractivity contribution in [2.45, 2.75) is 39.2 Å². The Hall–Kier alpha value is -2.63. The second-order valence-corrected chi connectivity index (χ2v) is 7.94. The molecule has 0 bridgehead atoms. The Morgan fingerprint density at radius 2 is 2.04 bits per heavy atom. The lowest BCUT2D eigenvalue weighted by molar-refractivity contribution is -0.139. The van der Waals surface area contributed by atoms with Gasteiger partial charge in [-0.3, -0.25) is 9.59 Å². The highest BCUT2D eigenvalue weighted by atomic mass is 16.2. The van der Waals surface area contributed by atoms with E-state index in [1.54, 1.807) is 6.33 Å². The molecule has 0 radical (unpaired) electrons. The number of nitrogens with one attached hydrogen (secondary N) is 1. The third-order valence-corrected chi connectivity index (χ3v) is 5.95. The Balaban J connectivity index is 1.49. The van der Waals surface area contributed by atoms with Gasteiger partial charge < -0.3 is 14.8 Å². The molecule has 3 heterocycles. The average Bonchev–Trinajstić information content (AvgIpc) is 3.11. The fourth-order valence-electron chi connectivity index (χ4n) is 4.49. The number of piperidine rings is 2. The fraction of sp³-hybridized carbons (Fsp3) is 0.476. The summed E-state index contributed by atoms with van der Waals surface area (Å²) in [6.07, 6.45) is 5.04. The first-order chi connectivity index (χ1) is 13.1. The molecule has 4 rings (SSSR count). The molecule has 0 saturated carbocycles. The van der Waals surface area contributed by atoms with Crippen LogP contribution in [-0.2, 0) is 11.3 Å². The number of H-pyrrole nitrogens is 1. The number of nitrogens with zero attached hydrogens (tertiary/aromatic N) is 3. The van der Waals surface area contributed by atoms with E-state index < -0.39 is 0 Å². The Morgan fingerprint density at radius 3 is 2.78 bits per heavy atom. The summed E-state index contributed by atoms with van der Waals surface area (Å²) < 4.78 is 0. The number of aryl methyl sites for hydroxylation is 1. The van der Waals surface area contributed by atoms with Crippen LogP contribution in [0.5, 0.6) is 0 Å². The van der Waals surface area contributed by atoms with Gasteiger partial charge in [0.1, 0.15) is 5.69 Å². The third-order valence-electron chi connectivity index (χ3n) is 5.95. The van der Waals surface area contributed by atoms with Crippen LogP contribution in [-0.4, -0.2) is 51.2 Å². The molecular weight excluding hydrogens is 340 g/mol. The van der Waals surface area contributed by atoms with Crippen molar-refractivity contribution in [3.8, 4) is 0 Å². The van der Waals surface area contributed by atoms with Gasteiger partial charge in [-0.15, -0.1) is 0 Å². The molecule has 1 atom stereocenters. The number of carbonyl (C=O) groups is 2. The van der Waals surface area contributed by atoms with E-state index in [9.17, 15) is 9.59 Å². The maximum absolute atomic E-state index is 12.9. The van der Waals surface area contributed by atoms with E-state index in [1.165, 1.54) is 0 Å². The fourth-order valence-corrected chi connectivity index (χ4v) is 4.49. The number of rotatable bonds is 3. The molecule has 142 valence electrons. The van der Waals surface area contributed by atoms with Crippen LogP contribution in [0, 0.1) is 12.3 Å². The third kappa shape index (κ3) is 3.61. The van der Waals surface area contributed by atoms with Gasteiger partial charge in [0.25, 0.3) is 5.91 Å². The first-order valence-electron chi connectivity index (χ1n) is 9.67. The molecule has 2 amide bonds. The van der Waals surface area contributed by atoms with E-state index >= 15 is 0 Å². The van der Waals surface area contributed by atoms with E-state index in [-0.39, 0.29) is 17.2 Å². The molecule has 2 fully saturated rings. The molecule has 1 aromatic heterocycles. The van der Waals surface area contributed by atoms with Crippen LogP contribution >= 0.6 is 0 Å². The number of carbonyl (C=O) groups excluding carboxylic acids is 2. The lowest BCUT2D eigenvalue weighted by Gasteiger charge is -2.48. The van der Waals surface area contributed by atoms with Crippen LogP contribution in [0.4, 0.5) is 0 Å². The zero-order chi connectivity index (χ0) is 18.9.